The number of carbonyl (C=O) groups excluding carboxylic acids is 1. The molecule has 0 aliphatic rings. The fourth-order valence-electron chi connectivity index (χ4n) is 3.62. The summed E-state index contributed by atoms with van der Waals surface area (Å²) < 4.78 is 12.3. The van der Waals surface area contributed by atoms with Gasteiger partial charge in [0, 0.05) is 29.5 Å². The van der Waals surface area contributed by atoms with Crippen molar-refractivity contribution in [3.8, 4) is 5.75 Å². The van der Waals surface area contributed by atoms with Gasteiger partial charge in [0.05, 0.1) is 24.2 Å². The summed E-state index contributed by atoms with van der Waals surface area (Å²) in [5.41, 5.74) is 1.62. The summed E-state index contributed by atoms with van der Waals surface area (Å²) in [5, 5.41) is 4.60. The summed E-state index contributed by atoms with van der Waals surface area (Å²) in [6.07, 6.45) is 4.19. The summed E-state index contributed by atoms with van der Waals surface area (Å²) in [6, 6.07) is 9.26. The number of furan rings is 1. The normalized spacial score (nSPS) is 12.5. The van der Waals surface area contributed by atoms with Gasteiger partial charge in [0.25, 0.3) is 0 Å². The molecule has 1 unspecified atom stereocenters. The number of halogens is 1. The Morgan fingerprint density at radius 1 is 1.27 bits per heavy atom. The predicted molar refractivity (Wildman–Crippen MR) is 133 cm³/mol. The monoisotopic (exact) mass is 471 g/mol. The zero-order valence-electron chi connectivity index (χ0n) is 20.2. The second-order valence-electron chi connectivity index (χ2n) is 8.91. The van der Waals surface area contributed by atoms with Crippen LogP contribution in [0, 0.1) is 5.92 Å². The minimum Gasteiger partial charge on any atom is -0.491 e. The first-order chi connectivity index (χ1) is 15.8. The van der Waals surface area contributed by atoms with Crippen LogP contribution in [0.15, 0.2) is 40.9 Å². The highest BCUT2D eigenvalue weighted by atomic mass is 35.5. The van der Waals surface area contributed by atoms with E-state index in [0.717, 1.165) is 35.1 Å². The number of hydrogen-bond acceptors (Lipinski definition) is 5. The van der Waals surface area contributed by atoms with Crippen LogP contribution >= 0.6 is 11.6 Å². The molecule has 0 radical (unpaired) electrons. The Kier molecular flexibility index (Phi) is 8.75. The molecule has 1 amide bonds. The lowest BCUT2D eigenvalue weighted by Crippen LogP contribution is -2.33. The molecule has 0 aliphatic heterocycles. The largest absolute Gasteiger partial charge is 0.491 e. The third-order valence-corrected chi connectivity index (χ3v) is 5.69. The lowest BCUT2D eigenvalue weighted by molar-refractivity contribution is -0.124. The van der Waals surface area contributed by atoms with Crippen molar-refractivity contribution in [2.75, 3.05) is 20.7 Å². The topological polar surface area (TPSA) is 67.6 Å². The maximum absolute atomic E-state index is 12.6. The molecule has 6 nitrogen and oxygen atoms in total. The van der Waals surface area contributed by atoms with Crippen LogP contribution < -0.4 is 10.1 Å². The van der Waals surface area contributed by atoms with E-state index in [-0.39, 0.29) is 17.9 Å². The smallest absolute Gasteiger partial charge is 0.223 e. The number of benzene rings is 1. The van der Waals surface area contributed by atoms with Crippen molar-refractivity contribution >= 4 is 28.4 Å². The first-order valence-corrected chi connectivity index (χ1v) is 11.9. The van der Waals surface area contributed by atoms with E-state index in [2.05, 4.69) is 17.2 Å². The van der Waals surface area contributed by atoms with Gasteiger partial charge in [-0.05, 0) is 50.8 Å². The lowest BCUT2D eigenvalue weighted by Gasteiger charge is -2.21. The van der Waals surface area contributed by atoms with Crippen LogP contribution in [0.25, 0.3) is 10.9 Å². The Hall–Kier alpha value is -2.57. The summed E-state index contributed by atoms with van der Waals surface area (Å²) in [5.74, 6) is 2.08. The SMILES string of the molecule is CCCCOc1c(CC(NC(=O)C(C)C)c2ccc(CN(C)C)o2)cc(Cl)c2cccnc12. The molecule has 1 atom stereocenters. The van der Waals surface area contributed by atoms with Gasteiger partial charge < -0.3 is 19.4 Å². The van der Waals surface area contributed by atoms with E-state index in [1.165, 1.54) is 0 Å². The average molecular weight is 472 g/mol. The average Bonchev–Trinajstić information content (AvgIpc) is 3.23. The Labute approximate surface area is 201 Å². The quantitative estimate of drug-likeness (QED) is 0.359. The minimum absolute atomic E-state index is 0.0379. The van der Waals surface area contributed by atoms with Crippen LogP contribution in [0.1, 0.15) is 56.7 Å². The molecular formula is C26H34ClN3O3. The highest BCUT2D eigenvalue weighted by Gasteiger charge is 2.24. The van der Waals surface area contributed by atoms with Crippen LogP contribution in [-0.2, 0) is 17.8 Å². The summed E-state index contributed by atoms with van der Waals surface area (Å²) in [6.45, 7) is 7.15. The molecular weight excluding hydrogens is 438 g/mol. The fourth-order valence-corrected chi connectivity index (χ4v) is 3.90. The van der Waals surface area contributed by atoms with E-state index in [1.807, 2.05) is 63.2 Å². The van der Waals surface area contributed by atoms with Crippen molar-refractivity contribution in [3.63, 3.8) is 0 Å². The van der Waals surface area contributed by atoms with Gasteiger partial charge in [0.15, 0.2) is 0 Å². The number of nitrogens with zero attached hydrogens (tertiary/aromatic N) is 2. The summed E-state index contributed by atoms with van der Waals surface area (Å²) in [4.78, 5) is 19.2. The third kappa shape index (κ3) is 6.49. The molecule has 1 aromatic carbocycles. The van der Waals surface area contributed by atoms with Crippen LogP contribution in [-0.4, -0.2) is 36.5 Å². The number of nitrogens with one attached hydrogen (secondary N) is 1. The van der Waals surface area contributed by atoms with Gasteiger partial charge in [-0.1, -0.05) is 38.8 Å². The second kappa shape index (κ2) is 11.5. The number of carbonyl (C=O) groups is 1. The Balaban J connectivity index is 2.01. The predicted octanol–water partition coefficient (Wildman–Crippen LogP) is 5.78. The van der Waals surface area contributed by atoms with Crippen molar-refractivity contribution in [2.45, 2.75) is 52.6 Å². The molecule has 0 saturated heterocycles. The molecule has 0 bridgehead atoms. The third-order valence-electron chi connectivity index (χ3n) is 5.38. The molecule has 178 valence electrons. The van der Waals surface area contributed by atoms with Crippen LogP contribution in [0.5, 0.6) is 5.75 Å². The van der Waals surface area contributed by atoms with E-state index in [9.17, 15) is 4.79 Å². The van der Waals surface area contributed by atoms with Crippen molar-refractivity contribution in [1.29, 1.82) is 0 Å². The number of ether oxygens (including phenoxy) is 1. The number of unbranched alkanes of at least 4 members (excludes halogenated alkanes) is 1. The van der Waals surface area contributed by atoms with E-state index in [1.54, 1.807) is 6.20 Å². The van der Waals surface area contributed by atoms with E-state index in [4.69, 9.17) is 20.8 Å². The number of aromatic nitrogens is 1. The number of fused-ring (bicyclic) bond motifs is 1. The van der Waals surface area contributed by atoms with Crippen LogP contribution in [0.2, 0.25) is 5.02 Å². The zero-order valence-corrected chi connectivity index (χ0v) is 20.9. The maximum atomic E-state index is 12.6. The molecule has 0 saturated carbocycles. The molecule has 0 aliphatic carbocycles. The first-order valence-electron chi connectivity index (χ1n) is 11.5. The lowest BCUT2D eigenvalue weighted by atomic mass is 10.00. The minimum atomic E-state index is -0.360. The standard InChI is InChI=1S/C26H34ClN3O3/c1-6-7-13-32-25-18(14-21(27)20-9-8-12-28-24(20)25)15-22(29-26(31)17(2)3)23-11-10-19(33-23)16-30(4)5/h8-12,14,17,22H,6-7,13,15-16H2,1-5H3,(H,29,31). The number of rotatable bonds is 11. The molecule has 7 heteroatoms. The van der Waals surface area contributed by atoms with Crippen molar-refractivity contribution in [2.24, 2.45) is 5.92 Å². The molecule has 3 aromatic rings. The van der Waals surface area contributed by atoms with Gasteiger partial charge in [-0.25, -0.2) is 0 Å². The molecule has 33 heavy (non-hydrogen) atoms. The molecule has 2 aromatic heterocycles. The number of hydrogen-bond donors (Lipinski definition) is 1. The van der Waals surface area contributed by atoms with Crippen molar-refractivity contribution in [3.05, 3.63) is 58.6 Å². The van der Waals surface area contributed by atoms with Gasteiger partial charge in [-0.2, -0.15) is 0 Å². The summed E-state index contributed by atoms with van der Waals surface area (Å²) in [7, 11) is 3.98. The van der Waals surface area contributed by atoms with E-state index in [0.29, 0.717) is 36.1 Å². The Morgan fingerprint density at radius 3 is 2.76 bits per heavy atom. The van der Waals surface area contributed by atoms with Crippen LogP contribution in [0.3, 0.4) is 0 Å². The molecule has 3 rings (SSSR count). The fraction of sp³-hybridized carbons (Fsp3) is 0.462. The van der Waals surface area contributed by atoms with Gasteiger partial charge in [0.2, 0.25) is 5.91 Å². The van der Waals surface area contributed by atoms with Crippen molar-refractivity contribution < 1.29 is 13.9 Å². The molecule has 2 heterocycles. The van der Waals surface area contributed by atoms with Crippen LogP contribution in [0.4, 0.5) is 0 Å². The summed E-state index contributed by atoms with van der Waals surface area (Å²) >= 11 is 6.63. The van der Waals surface area contributed by atoms with E-state index >= 15 is 0 Å². The van der Waals surface area contributed by atoms with E-state index < -0.39 is 0 Å². The highest BCUT2D eigenvalue weighted by Crippen LogP contribution is 2.36. The zero-order chi connectivity index (χ0) is 24.0. The van der Waals surface area contributed by atoms with Gasteiger partial charge in [0.1, 0.15) is 22.8 Å². The van der Waals surface area contributed by atoms with Gasteiger partial charge in [-0.3, -0.25) is 9.78 Å². The maximum Gasteiger partial charge on any atom is 0.223 e. The first kappa shape index (κ1) is 25.1. The Morgan fingerprint density at radius 2 is 2.06 bits per heavy atom. The highest BCUT2D eigenvalue weighted by molar-refractivity contribution is 6.35. The number of pyridine rings is 1. The number of amides is 1. The Bertz CT molecular complexity index is 1080. The van der Waals surface area contributed by atoms with Gasteiger partial charge in [-0.15, -0.1) is 0 Å². The molecule has 0 spiro atoms. The molecule has 1 N–H and O–H groups in total. The second-order valence-corrected chi connectivity index (χ2v) is 9.32. The van der Waals surface area contributed by atoms with Crippen molar-refractivity contribution in [1.82, 2.24) is 15.2 Å². The van der Waals surface area contributed by atoms with Gasteiger partial charge >= 0.3 is 0 Å². The molecule has 0 fully saturated rings.